The molecule has 146 valence electrons. The van der Waals surface area contributed by atoms with Crippen molar-refractivity contribution in [2.24, 2.45) is 0 Å². The van der Waals surface area contributed by atoms with E-state index in [0.29, 0.717) is 23.8 Å². The van der Waals surface area contributed by atoms with Crippen molar-refractivity contribution in [2.45, 2.75) is 26.1 Å². The highest BCUT2D eigenvalue weighted by Gasteiger charge is 2.23. The fourth-order valence-electron chi connectivity index (χ4n) is 3.67. The number of rotatable bonds is 6. The summed E-state index contributed by atoms with van der Waals surface area (Å²) in [6.07, 6.45) is 1.62. The summed E-state index contributed by atoms with van der Waals surface area (Å²) in [6.45, 7) is 2.58. The highest BCUT2D eigenvalue weighted by molar-refractivity contribution is 7.71. The van der Waals surface area contributed by atoms with Crippen molar-refractivity contribution in [3.63, 3.8) is 0 Å². The first-order valence-corrected chi connectivity index (χ1v) is 9.75. The average Bonchev–Trinajstić information content (AvgIpc) is 3.06. The minimum atomic E-state index is 0.427. The molecule has 0 saturated heterocycles. The molecule has 3 aromatic rings. The Morgan fingerprint density at radius 2 is 1.82 bits per heavy atom. The molecule has 0 bridgehead atoms. The molecule has 1 atom stereocenters. The lowest BCUT2D eigenvalue weighted by molar-refractivity contribution is -0.939. The number of quaternary nitrogens is 1. The first-order chi connectivity index (χ1) is 13.7. The molecule has 2 aromatic carbocycles. The summed E-state index contributed by atoms with van der Waals surface area (Å²) < 4.78 is 18.4. The van der Waals surface area contributed by atoms with Gasteiger partial charge in [0.1, 0.15) is 6.54 Å². The van der Waals surface area contributed by atoms with Crippen molar-refractivity contribution in [3.8, 4) is 11.5 Å². The van der Waals surface area contributed by atoms with E-state index in [1.165, 1.54) is 16.0 Å². The summed E-state index contributed by atoms with van der Waals surface area (Å²) in [5.41, 5.74) is 3.75. The zero-order valence-corrected chi connectivity index (χ0v) is 16.9. The van der Waals surface area contributed by atoms with Crippen LogP contribution < -0.4 is 14.4 Å². The van der Waals surface area contributed by atoms with Gasteiger partial charge in [0.15, 0.2) is 18.2 Å². The third-order valence-corrected chi connectivity index (χ3v) is 5.41. The molecule has 4 rings (SSSR count). The first kappa shape index (κ1) is 18.7. The van der Waals surface area contributed by atoms with Gasteiger partial charge >= 0.3 is 0 Å². The molecule has 28 heavy (non-hydrogen) atoms. The van der Waals surface area contributed by atoms with E-state index >= 15 is 0 Å². The number of methoxy groups -OCH3 is 2. The topological polar surface area (TPSA) is 53.9 Å². The summed E-state index contributed by atoms with van der Waals surface area (Å²) in [5.74, 6) is 2.21. The smallest absolute Gasteiger partial charge is 0.291 e. The molecule has 1 aromatic heterocycles. The van der Waals surface area contributed by atoms with Crippen LogP contribution in [-0.2, 0) is 26.1 Å². The Labute approximate surface area is 169 Å². The van der Waals surface area contributed by atoms with Crippen molar-refractivity contribution in [1.82, 2.24) is 9.78 Å². The summed E-state index contributed by atoms with van der Waals surface area (Å²) in [7, 11) is 3.34. The zero-order valence-electron chi connectivity index (χ0n) is 16.1. The number of nitrogens with zero attached hydrogens (tertiary/aromatic N) is 2. The van der Waals surface area contributed by atoms with E-state index in [0.717, 1.165) is 36.6 Å². The Morgan fingerprint density at radius 3 is 2.54 bits per heavy atom. The van der Waals surface area contributed by atoms with E-state index < -0.39 is 0 Å². The fourth-order valence-corrected chi connectivity index (χ4v) is 3.87. The predicted molar refractivity (Wildman–Crippen MR) is 107 cm³/mol. The van der Waals surface area contributed by atoms with E-state index in [1.54, 1.807) is 18.9 Å². The predicted octanol–water partition coefficient (Wildman–Crippen LogP) is 2.41. The summed E-state index contributed by atoms with van der Waals surface area (Å²) in [6, 6.07) is 14.3. The number of hydrogen-bond acceptors (Lipinski definition) is 5. The van der Waals surface area contributed by atoms with Crippen LogP contribution in [0.3, 0.4) is 0 Å². The maximum absolute atomic E-state index is 5.71. The van der Waals surface area contributed by atoms with Crippen LogP contribution in [-0.4, -0.2) is 30.5 Å². The van der Waals surface area contributed by atoms with Gasteiger partial charge in [-0.15, -0.1) is 5.10 Å². The molecule has 1 aliphatic heterocycles. The lowest BCUT2D eigenvalue weighted by atomic mass is 9.99. The highest BCUT2D eigenvalue weighted by atomic mass is 32.1. The van der Waals surface area contributed by atoms with Crippen LogP contribution in [0.2, 0.25) is 0 Å². The normalized spacial score (nSPS) is 15.9. The summed E-state index contributed by atoms with van der Waals surface area (Å²) >= 11 is 5.39. The Bertz CT molecular complexity index is 1010. The van der Waals surface area contributed by atoms with Gasteiger partial charge in [0.25, 0.3) is 4.84 Å². The Balaban J connectivity index is 1.48. The van der Waals surface area contributed by atoms with Gasteiger partial charge in [0, 0.05) is 12.0 Å². The van der Waals surface area contributed by atoms with Gasteiger partial charge in [-0.2, -0.15) is 4.68 Å². The third-order valence-electron chi connectivity index (χ3n) is 5.11. The Hall–Kier alpha value is -2.64. The maximum Gasteiger partial charge on any atom is 0.291 e. The van der Waals surface area contributed by atoms with Crippen molar-refractivity contribution in [3.05, 3.63) is 69.9 Å². The molecule has 6 nitrogen and oxygen atoms in total. The number of ether oxygens (including phenoxy) is 2. The number of benzene rings is 2. The molecule has 0 radical (unpaired) electrons. The van der Waals surface area contributed by atoms with Crippen LogP contribution in [0, 0.1) is 4.84 Å². The summed E-state index contributed by atoms with van der Waals surface area (Å²) in [4.78, 5) is 1.81. The van der Waals surface area contributed by atoms with Gasteiger partial charge in [-0.3, -0.25) is 0 Å². The lowest BCUT2D eigenvalue weighted by Gasteiger charge is -2.26. The van der Waals surface area contributed by atoms with Crippen LogP contribution in [0.4, 0.5) is 0 Å². The number of hydrogen-bond donors (Lipinski definition) is 1. The molecule has 0 amide bonds. The number of aromatic nitrogens is 2. The molecular weight excluding hydrogens is 374 g/mol. The highest BCUT2D eigenvalue weighted by Crippen LogP contribution is 2.31. The molecule has 0 spiro atoms. The van der Waals surface area contributed by atoms with Gasteiger partial charge in [-0.1, -0.05) is 30.3 Å². The lowest BCUT2D eigenvalue weighted by Crippen LogP contribution is -3.11. The van der Waals surface area contributed by atoms with Crippen molar-refractivity contribution < 1.29 is 18.8 Å². The van der Waals surface area contributed by atoms with Crippen LogP contribution in [0.15, 0.2) is 46.9 Å². The van der Waals surface area contributed by atoms with Crippen LogP contribution in [0.1, 0.15) is 22.6 Å². The monoisotopic (exact) mass is 398 g/mol. The van der Waals surface area contributed by atoms with Gasteiger partial charge < -0.3 is 18.8 Å². The van der Waals surface area contributed by atoms with Gasteiger partial charge in [-0.05, 0) is 35.5 Å². The van der Waals surface area contributed by atoms with E-state index in [9.17, 15) is 0 Å². The Morgan fingerprint density at radius 1 is 1.11 bits per heavy atom. The second-order valence-corrected chi connectivity index (χ2v) is 7.33. The largest absolute Gasteiger partial charge is 0.493 e. The van der Waals surface area contributed by atoms with Crippen LogP contribution >= 0.6 is 12.2 Å². The molecule has 0 aliphatic carbocycles. The standard InChI is InChI=1S/C21H23N3O3S/c1-25-18-11-16-8-9-23(13-17(16)12-19(18)26-2)14-24-21(28)27-20(22-24)10-15-6-4-3-5-7-15/h3-7,11-12H,8-10,13-14H2,1-2H3/p+1. The minimum Gasteiger partial charge on any atom is -0.493 e. The molecule has 1 N–H and O–H groups in total. The quantitative estimate of drug-likeness (QED) is 0.647. The SMILES string of the molecule is COc1cc2c(cc1OC)C[NH+](Cn1nc(Cc3ccccc3)oc1=S)CC2. The van der Waals surface area contributed by atoms with Crippen LogP contribution in [0.25, 0.3) is 0 Å². The van der Waals surface area contributed by atoms with E-state index in [4.69, 9.17) is 26.1 Å². The van der Waals surface area contributed by atoms with Crippen molar-refractivity contribution >= 4 is 12.2 Å². The molecule has 0 saturated carbocycles. The average molecular weight is 399 g/mol. The van der Waals surface area contributed by atoms with E-state index in [1.807, 2.05) is 18.2 Å². The molecule has 1 aliphatic rings. The fraction of sp³-hybridized carbons (Fsp3) is 0.333. The first-order valence-electron chi connectivity index (χ1n) is 9.34. The van der Waals surface area contributed by atoms with Crippen LogP contribution in [0.5, 0.6) is 11.5 Å². The molecule has 1 unspecified atom stereocenters. The second-order valence-electron chi connectivity index (χ2n) is 6.98. The molecule has 2 heterocycles. The molecule has 7 heteroatoms. The zero-order chi connectivity index (χ0) is 19.5. The maximum atomic E-state index is 5.71. The van der Waals surface area contributed by atoms with Gasteiger partial charge in [-0.25, -0.2) is 0 Å². The number of nitrogens with one attached hydrogen (secondary N) is 1. The third kappa shape index (κ3) is 3.95. The van der Waals surface area contributed by atoms with E-state index in [2.05, 4.69) is 29.4 Å². The minimum absolute atomic E-state index is 0.427. The van der Waals surface area contributed by atoms with Gasteiger partial charge in [0.2, 0.25) is 5.89 Å². The van der Waals surface area contributed by atoms with Crippen molar-refractivity contribution in [1.29, 1.82) is 0 Å². The number of fused-ring (bicyclic) bond motifs is 1. The summed E-state index contributed by atoms with van der Waals surface area (Å²) in [5, 5.41) is 4.60. The van der Waals surface area contributed by atoms with Crippen molar-refractivity contribution in [2.75, 3.05) is 20.8 Å². The Kier molecular flexibility index (Phi) is 5.45. The van der Waals surface area contributed by atoms with Gasteiger partial charge in [0.05, 0.1) is 27.2 Å². The molecular formula is C21H24N3O3S+. The molecule has 0 fully saturated rings. The second kappa shape index (κ2) is 8.16. The van der Waals surface area contributed by atoms with E-state index in [-0.39, 0.29) is 0 Å².